The molecule has 0 unspecified atom stereocenters. The monoisotopic (exact) mass is 480 g/mol. The van der Waals surface area contributed by atoms with Gasteiger partial charge in [0, 0.05) is 32.2 Å². The van der Waals surface area contributed by atoms with E-state index in [0.717, 1.165) is 5.56 Å². The summed E-state index contributed by atoms with van der Waals surface area (Å²) in [4.78, 5) is 44.8. The third kappa shape index (κ3) is 8.11. The number of benzene rings is 2. The summed E-state index contributed by atoms with van der Waals surface area (Å²) >= 11 is 0. The highest BCUT2D eigenvalue weighted by atomic mass is 16.5. The molecule has 0 aliphatic carbocycles. The van der Waals surface area contributed by atoms with E-state index in [1.165, 1.54) is 0 Å². The average Bonchev–Trinajstić information content (AvgIpc) is 2.80. The Morgan fingerprint density at radius 3 is 2.17 bits per heavy atom. The second-order valence-corrected chi connectivity index (χ2v) is 8.67. The molecule has 1 aliphatic rings. The van der Waals surface area contributed by atoms with Gasteiger partial charge >= 0.3 is 5.97 Å². The topological polar surface area (TPSA) is 143 Å². The summed E-state index contributed by atoms with van der Waals surface area (Å²) in [5, 5.41) is 2.89. The second-order valence-electron chi connectivity index (χ2n) is 8.67. The van der Waals surface area contributed by atoms with Gasteiger partial charge in [-0.2, -0.15) is 0 Å². The molecule has 2 amide bonds. The number of rotatable bonds is 8. The Labute approximate surface area is 204 Å². The van der Waals surface area contributed by atoms with Gasteiger partial charge in [0.05, 0.1) is 24.2 Å². The number of piperazine rings is 1. The van der Waals surface area contributed by atoms with Crippen LogP contribution in [-0.4, -0.2) is 72.3 Å². The van der Waals surface area contributed by atoms with Crippen molar-refractivity contribution >= 4 is 29.4 Å². The van der Waals surface area contributed by atoms with Crippen molar-refractivity contribution in [2.75, 3.05) is 32.7 Å². The number of carbonyl (C=O) groups is 3. The Kier molecular flexibility index (Phi) is 8.80. The minimum Gasteiger partial charge on any atom is -0.423 e. The molecule has 5 N–H and O–H groups in total. The molecule has 186 valence electrons. The first-order chi connectivity index (χ1) is 16.7. The van der Waals surface area contributed by atoms with Gasteiger partial charge in [-0.25, -0.2) is 9.79 Å². The van der Waals surface area contributed by atoms with E-state index in [1.807, 2.05) is 18.7 Å². The number of hydrogen-bond donors (Lipinski definition) is 3. The molecule has 10 heteroatoms. The molecular weight excluding hydrogens is 448 g/mol. The largest absolute Gasteiger partial charge is 0.423 e. The summed E-state index contributed by atoms with van der Waals surface area (Å²) < 4.78 is 5.41. The molecule has 35 heavy (non-hydrogen) atoms. The Bertz CT molecular complexity index is 1050. The van der Waals surface area contributed by atoms with Gasteiger partial charge in [0.2, 0.25) is 11.8 Å². The van der Waals surface area contributed by atoms with Gasteiger partial charge in [-0.3, -0.25) is 14.5 Å². The zero-order chi connectivity index (χ0) is 25.4. The van der Waals surface area contributed by atoms with Gasteiger partial charge < -0.3 is 26.4 Å². The maximum absolute atomic E-state index is 12.7. The predicted octanol–water partition coefficient (Wildman–Crippen LogP) is 1.02. The number of hydrogen-bond acceptors (Lipinski definition) is 6. The van der Waals surface area contributed by atoms with E-state index in [0.29, 0.717) is 49.7 Å². The van der Waals surface area contributed by atoms with Crippen LogP contribution in [0.3, 0.4) is 0 Å². The van der Waals surface area contributed by atoms with Crippen LogP contribution in [0.15, 0.2) is 53.5 Å². The fourth-order valence-electron chi connectivity index (χ4n) is 3.67. The lowest BCUT2D eigenvalue weighted by atomic mass is 10.1. The van der Waals surface area contributed by atoms with E-state index in [4.69, 9.17) is 16.2 Å². The third-order valence-corrected chi connectivity index (χ3v) is 5.39. The average molecular weight is 481 g/mol. The molecule has 0 saturated carbocycles. The van der Waals surface area contributed by atoms with Crippen LogP contribution in [0.25, 0.3) is 0 Å². The van der Waals surface area contributed by atoms with E-state index in [-0.39, 0.29) is 30.2 Å². The minimum atomic E-state index is -0.509. The second kappa shape index (κ2) is 12.0. The molecule has 0 aromatic heterocycles. The normalized spacial score (nSPS) is 13.9. The maximum Gasteiger partial charge on any atom is 0.343 e. The molecule has 1 saturated heterocycles. The Hall–Kier alpha value is -3.92. The lowest BCUT2D eigenvalue weighted by Gasteiger charge is -2.34. The van der Waals surface area contributed by atoms with Crippen molar-refractivity contribution in [1.29, 1.82) is 0 Å². The number of esters is 1. The van der Waals surface area contributed by atoms with Crippen LogP contribution in [0.2, 0.25) is 0 Å². The van der Waals surface area contributed by atoms with E-state index in [9.17, 15) is 14.4 Å². The van der Waals surface area contributed by atoms with Crippen molar-refractivity contribution in [3.05, 3.63) is 59.7 Å². The number of nitrogens with zero attached hydrogens (tertiary/aromatic N) is 3. The van der Waals surface area contributed by atoms with Gasteiger partial charge in [0.15, 0.2) is 5.96 Å². The van der Waals surface area contributed by atoms with Crippen LogP contribution >= 0.6 is 0 Å². The highest BCUT2D eigenvalue weighted by molar-refractivity contribution is 5.91. The molecule has 0 atom stereocenters. The minimum absolute atomic E-state index is 0.00326. The molecule has 2 aromatic rings. The first-order valence-corrected chi connectivity index (χ1v) is 11.5. The number of nitrogens with two attached hydrogens (primary N) is 2. The predicted molar refractivity (Wildman–Crippen MR) is 133 cm³/mol. The maximum atomic E-state index is 12.7. The van der Waals surface area contributed by atoms with Crippen LogP contribution in [0, 0.1) is 0 Å². The number of carbonyl (C=O) groups excluding carboxylic acids is 3. The fraction of sp³-hybridized carbons (Fsp3) is 0.360. The summed E-state index contributed by atoms with van der Waals surface area (Å²) in [6, 6.07) is 13.4. The summed E-state index contributed by atoms with van der Waals surface area (Å²) in [5.74, 6) is -0.157. The first kappa shape index (κ1) is 25.7. The zero-order valence-corrected chi connectivity index (χ0v) is 20.1. The smallest absolute Gasteiger partial charge is 0.343 e. The summed E-state index contributed by atoms with van der Waals surface area (Å²) in [6.07, 6.45) is 0.258. The molecule has 3 rings (SSSR count). The van der Waals surface area contributed by atoms with E-state index in [2.05, 4.69) is 15.2 Å². The molecule has 0 bridgehead atoms. The quantitative estimate of drug-likeness (QED) is 0.221. The molecule has 0 radical (unpaired) electrons. The van der Waals surface area contributed by atoms with Crippen molar-refractivity contribution in [2.45, 2.75) is 26.3 Å². The molecule has 1 fully saturated rings. The molecule has 0 spiro atoms. The first-order valence-electron chi connectivity index (χ1n) is 11.5. The lowest BCUT2D eigenvalue weighted by Crippen LogP contribution is -2.51. The summed E-state index contributed by atoms with van der Waals surface area (Å²) in [5.41, 5.74) is 12.4. The van der Waals surface area contributed by atoms with Crippen molar-refractivity contribution in [3.63, 3.8) is 0 Å². The van der Waals surface area contributed by atoms with E-state index < -0.39 is 5.97 Å². The Morgan fingerprint density at radius 1 is 0.971 bits per heavy atom. The number of amides is 2. The van der Waals surface area contributed by atoms with Gasteiger partial charge in [-0.1, -0.05) is 12.1 Å². The molecule has 1 aliphatic heterocycles. The number of ether oxygens (including phenoxy) is 1. The molecular formula is C25H32N6O4. The van der Waals surface area contributed by atoms with Gasteiger partial charge in [0.25, 0.3) is 0 Å². The van der Waals surface area contributed by atoms with Crippen molar-refractivity contribution in [2.24, 2.45) is 16.5 Å². The highest BCUT2D eigenvalue weighted by Crippen LogP contribution is 2.18. The number of guanidine groups is 1. The third-order valence-electron chi connectivity index (χ3n) is 5.39. The van der Waals surface area contributed by atoms with Gasteiger partial charge in [-0.15, -0.1) is 0 Å². The summed E-state index contributed by atoms with van der Waals surface area (Å²) in [7, 11) is 0. The van der Waals surface area contributed by atoms with Crippen molar-refractivity contribution < 1.29 is 19.1 Å². The number of aliphatic imine (C=N–C) groups is 1. The number of nitrogens with one attached hydrogen (secondary N) is 1. The SMILES string of the molecule is CC(C)NC(=O)CN1CCN(C(=O)Cc2ccc(OC(=O)c3ccc(N=C(N)N)cc3)cc2)CC1. The van der Waals surface area contributed by atoms with Gasteiger partial charge in [0.1, 0.15) is 5.75 Å². The van der Waals surface area contributed by atoms with Crippen LogP contribution in [0.5, 0.6) is 5.75 Å². The van der Waals surface area contributed by atoms with Crippen LogP contribution in [0.4, 0.5) is 5.69 Å². The van der Waals surface area contributed by atoms with Crippen LogP contribution < -0.4 is 21.5 Å². The van der Waals surface area contributed by atoms with Crippen LogP contribution in [-0.2, 0) is 16.0 Å². The highest BCUT2D eigenvalue weighted by Gasteiger charge is 2.22. The molecule has 10 nitrogen and oxygen atoms in total. The fourth-order valence-corrected chi connectivity index (χ4v) is 3.67. The van der Waals surface area contributed by atoms with Crippen molar-refractivity contribution in [1.82, 2.24) is 15.1 Å². The zero-order valence-electron chi connectivity index (χ0n) is 20.1. The Balaban J connectivity index is 1.46. The van der Waals surface area contributed by atoms with Gasteiger partial charge in [-0.05, 0) is 55.8 Å². The molecule has 2 aromatic carbocycles. The van der Waals surface area contributed by atoms with E-state index >= 15 is 0 Å². The van der Waals surface area contributed by atoms with Crippen molar-refractivity contribution in [3.8, 4) is 5.75 Å². The summed E-state index contributed by atoms with van der Waals surface area (Å²) in [6.45, 7) is 6.72. The lowest BCUT2D eigenvalue weighted by molar-refractivity contribution is -0.132. The van der Waals surface area contributed by atoms with Crippen LogP contribution in [0.1, 0.15) is 29.8 Å². The Morgan fingerprint density at radius 2 is 1.60 bits per heavy atom. The standard InChI is InChI=1S/C25H32N6O4/c1-17(2)28-22(32)16-30-11-13-31(14-12-30)23(33)15-18-3-9-21(10-4-18)35-24(34)19-5-7-20(8-6-19)29-25(26)27/h3-10,17H,11-16H2,1-2H3,(H,28,32)(H4,26,27,29). The van der Waals surface area contributed by atoms with E-state index in [1.54, 1.807) is 48.5 Å². The molecule has 1 heterocycles.